The van der Waals surface area contributed by atoms with Gasteiger partial charge in [0, 0.05) is 42.3 Å². The summed E-state index contributed by atoms with van der Waals surface area (Å²) >= 11 is 0. The van der Waals surface area contributed by atoms with Crippen molar-refractivity contribution >= 4 is 21.9 Å². The summed E-state index contributed by atoms with van der Waals surface area (Å²) in [5.74, 6) is 0. The Hall–Kier alpha value is -2.92. The minimum atomic E-state index is -0.0436. The number of nitrogens with zero attached hydrogens (tertiary/aromatic N) is 3. The zero-order valence-corrected chi connectivity index (χ0v) is 15.1. The first-order valence-corrected chi connectivity index (χ1v) is 8.97. The Labute approximate surface area is 151 Å². The van der Waals surface area contributed by atoms with E-state index < -0.39 is 0 Å². The Kier molecular flexibility index (Phi) is 4.31. The molecule has 4 rings (SSSR count). The van der Waals surface area contributed by atoms with Gasteiger partial charge in [0.05, 0.1) is 11.0 Å². The molecule has 132 valence electrons. The first-order valence-electron chi connectivity index (χ1n) is 8.97. The fourth-order valence-corrected chi connectivity index (χ4v) is 3.51. The third kappa shape index (κ3) is 2.61. The lowest BCUT2D eigenvalue weighted by atomic mass is 10.1. The van der Waals surface area contributed by atoms with Gasteiger partial charge in [0.2, 0.25) is 0 Å². The average Bonchev–Trinajstić information content (AvgIpc) is 3.05. The number of aromatic nitrogens is 3. The molecule has 5 nitrogen and oxygen atoms in total. The minimum absolute atomic E-state index is 0.0436. The van der Waals surface area contributed by atoms with E-state index in [9.17, 15) is 4.79 Å². The van der Waals surface area contributed by atoms with Gasteiger partial charge in [-0.3, -0.25) is 4.79 Å². The number of fused-ring (bicyclic) bond motifs is 2. The van der Waals surface area contributed by atoms with Crippen LogP contribution in [0.15, 0.2) is 59.5 Å². The third-order valence-corrected chi connectivity index (χ3v) is 4.82. The summed E-state index contributed by atoms with van der Waals surface area (Å²) in [5.41, 5.74) is 4.21. The molecule has 0 fully saturated rings. The fraction of sp³-hybridized carbons (Fsp3) is 0.238. The van der Waals surface area contributed by atoms with Crippen LogP contribution in [0, 0.1) is 0 Å². The second-order valence-electron chi connectivity index (χ2n) is 6.36. The Balaban J connectivity index is 2.04. The van der Waals surface area contributed by atoms with Crippen LogP contribution < -0.4 is 10.9 Å². The Morgan fingerprint density at radius 1 is 1.04 bits per heavy atom. The van der Waals surface area contributed by atoms with E-state index in [1.807, 2.05) is 54.2 Å². The Morgan fingerprint density at radius 2 is 1.77 bits per heavy atom. The summed E-state index contributed by atoms with van der Waals surface area (Å²) in [6, 6.07) is 16.0. The number of para-hydroxylation sites is 3. The molecule has 0 saturated heterocycles. The van der Waals surface area contributed by atoms with Gasteiger partial charge >= 0.3 is 0 Å². The topological polar surface area (TPSA) is 51.9 Å². The summed E-state index contributed by atoms with van der Waals surface area (Å²) in [6.45, 7) is 4.29. The van der Waals surface area contributed by atoms with Gasteiger partial charge in [-0.15, -0.1) is 0 Å². The minimum Gasteiger partial charge on any atom is -0.347 e. The van der Waals surface area contributed by atoms with Crippen LogP contribution in [0.2, 0.25) is 0 Å². The molecule has 0 amide bonds. The summed E-state index contributed by atoms with van der Waals surface area (Å²) in [6.07, 6.45) is 2.05. The SMILES string of the molecule is CCn1cc(-c2nc3ccccc3n(CCNC)c2=O)c2ccccc21. The molecule has 2 aromatic carbocycles. The summed E-state index contributed by atoms with van der Waals surface area (Å²) in [4.78, 5) is 18.0. The van der Waals surface area contributed by atoms with Crippen molar-refractivity contribution in [2.75, 3.05) is 13.6 Å². The van der Waals surface area contributed by atoms with Gasteiger partial charge in [0.15, 0.2) is 0 Å². The van der Waals surface area contributed by atoms with Crippen LogP contribution >= 0.6 is 0 Å². The molecular formula is C21H22N4O. The first kappa shape index (κ1) is 16.5. The highest BCUT2D eigenvalue weighted by Crippen LogP contribution is 2.28. The average molecular weight is 346 g/mol. The van der Waals surface area contributed by atoms with Gasteiger partial charge in [0.25, 0.3) is 5.56 Å². The predicted molar refractivity (Wildman–Crippen MR) is 107 cm³/mol. The standard InChI is InChI=1S/C21H22N4O/c1-3-24-14-16(15-8-4-6-10-18(15)24)20-21(26)25(13-12-22-2)19-11-7-5-9-17(19)23-20/h4-11,14,22H,3,12-13H2,1-2H3. The van der Waals surface area contributed by atoms with Crippen molar-refractivity contribution in [1.82, 2.24) is 19.4 Å². The van der Waals surface area contributed by atoms with E-state index in [4.69, 9.17) is 4.98 Å². The molecule has 0 atom stereocenters. The third-order valence-electron chi connectivity index (χ3n) is 4.82. The van der Waals surface area contributed by atoms with Crippen LogP contribution in [-0.2, 0) is 13.1 Å². The normalized spacial score (nSPS) is 11.5. The monoisotopic (exact) mass is 346 g/mol. The molecule has 2 heterocycles. The van der Waals surface area contributed by atoms with Crippen LogP contribution in [0.3, 0.4) is 0 Å². The largest absolute Gasteiger partial charge is 0.347 e. The van der Waals surface area contributed by atoms with E-state index in [-0.39, 0.29) is 5.56 Å². The molecule has 0 bridgehead atoms. The van der Waals surface area contributed by atoms with Crippen LogP contribution in [0.25, 0.3) is 33.2 Å². The van der Waals surface area contributed by atoms with E-state index in [1.165, 1.54) is 0 Å². The molecule has 26 heavy (non-hydrogen) atoms. The van der Waals surface area contributed by atoms with Crippen molar-refractivity contribution in [1.29, 1.82) is 0 Å². The van der Waals surface area contributed by atoms with Gasteiger partial charge < -0.3 is 14.5 Å². The molecule has 0 unspecified atom stereocenters. The van der Waals surface area contributed by atoms with E-state index in [0.29, 0.717) is 12.2 Å². The summed E-state index contributed by atoms with van der Waals surface area (Å²) < 4.78 is 3.99. The molecule has 2 aromatic heterocycles. The molecular weight excluding hydrogens is 324 g/mol. The fourth-order valence-electron chi connectivity index (χ4n) is 3.51. The van der Waals surface area contributed by atoms with Crippen molar-refractivity contribution < 1.29 is 0 Å². The van der Waals surface area contributed by atoms with Crippen molar-refractivity contribution in [3.63, 3.8) is 0 Å². The van der Waals surface area contributed by atoms with E-state index >= 15 is 0 Å². The Bertz CT molecular complexity index is 1140. The predicted octanol–water partition coefficient (Wildman–Crippen LogP) is 3.26. The van der Waals surface area contributed by atoms with Gasteiger partial charge in [-0.1, -0.05) is 30.3 Å². The van der Waals surface area contributed by atoms with Gasteiger partial charge in [-0.05, 0) is 32.2 Å². The quantitative estimate of drug-likeness (QED) is 0.603. The maximum atomic E-state index is 13.3. The second kappa shape index (κ2) is 6.77. The van der Waals surface area contributed by atoms with E-state index in [0.717, 1.165) is 40.6 Å². The second-order valence-corrected chi connectivity index (χ2v) is 6.36. The summed E-state index contributed by atoms with van der Waals surface area (Å²) in [5, 5.41) is 4.19. The molecule has 5 heteroatoms. The zero-order chi connectivity index (χ0) is 18.1. The zero-order valence-electron chi connectivity index (χ0n) is 15.1. The summed E-state index contributed by atoms with van der Waals surface area (Å²) in [7, 11) is 1.89. The molecule has 4 aromatic rings. The van der Waals surface area contributed by atoms with Gasteiger partial charge in [-0.2, -0.15) is 0 Å². The van der Waals surface area contributed by atoms with Crippen molar-refractivity contribution in [2.45, 2.75) is 20.0 Å². The highest BCUT2D eigenvalue weighted by Gasteiger charge is 2.17. The number of nitrogens with one attached hydrogen (secondary N) is 1. The number of benzene rings is 2. The van der Waals surface area contributed by atoms with E-state index in [1.54, 1.807) is 0 Å². The molecule has 0 aliphatic carbocycles. The lowest BCUT2D eigenvalue weighted by Gasteiger charge is -2.12. The lowest BCUT2D eigenvalue weighted by Crippen LogP contribution is -2.27. The van der Waals surface area contributed by atoms with Crippen LogP contribution in [0.1, 0.15) is 6.92 Å². The smallest absolute Gasteiger partial charge is 0.277 e. The molecule has 0 aliphatic heterocycles. The maximum absolute atomic E-state index is 13.3. The molecule has 0 saturated carbocycles. The number of hydrogen-bond donors (Lipinski definition) is 1. The molecule has 0 radical (unpaired) electrons. The lowest BCUT2D eigenvalue weighted by molar-refractivity contribution is 0.643. The number of rotatable bonds is 5. The maximum Gasteiger partial charge on any atom is 0.277 e. The number of likely N-dealkylation sites (N-methyl/N-ethyl adjacent to an activating group) is 1. The van der Waals surface area contributed by atoms with Gasteiger partial charge in [0.1, 0.15) is 5.69 Å². The Morgan fingerprint density at radius 3 is 2.54 bits per heavy atom. The van der Waals surface area contributed by atoms with E-state index in [2.05, 4.69) is 28.9 Å². The van der Waals surface area contributed by atoms with Crippen molar-refractivity contribution in [3.8, 4) is 11.3 Å². The number of aryl methyl sites for hydroxylation is 1. The highest BCUT2D eigenvalue weighted by atomic mass is 16.1. The molecule has 1 N–H and O–H groups in total. The van der Waals surface area contributed by atoms with Crippen LogP contribution in [0.4, 0.5) is 0 Å². The van der Waals surface area contributed by atoms with Crippen molar-refractivity contribution in [2.24, 2.45) is 0 Å². The van der Waals surface area contributed by atoms with Crippen LogP contribution in [-0.4, -0.2) is 27.7 Å². The number of hydrogen-bond acceptors (Lipinski definition) is 3. The first-order chi connectivity index (χ1) is 12.7. The van der Waals surface area contributed by atoms with Crippen molar-refractivity contribution in [3.05, 3.63) is 65.1 Å². The molecule has 0 aliphatic rings. The molecule has 0 spiro atoms. The van der Waals surface area contributed by atoms with Crippen LogP contribution in [0.5, 0.6) is 0 Å². The highest BCUT2D eigenvalue weighted by molar-refractivity contribution is 5.95. The van der Waals surface area contributed by atoms with Gasteiger partial charge in [-0.25, -0.2) is 4.98 Å².